The van der Waals surface area contributed by atoms with Gasteiger partial charge in [-0.15, -0.1) is 0 Å². The monoisotopic (exact) mass is 344 g/mol. The van der Waals surface area contributed by atoms with Gasteiger partial charge in [0.15, 0.2) is 0 Å². The number of hydrogen-bond acceptors (Lipinski definition) is 2. The van der Waals surface area contributed by atoms with E-state index in [2.05, 4.69) is 26.0 Å². The van der Waals surface area contributed by atoms with Gasteiger partial charge in [0.1, 0.15) is 11.5 Å². The van der Waals surface area contributed by atoms with Crippen LogP contribution < -0.4 is 4.74 Å². The number of carbonyl (C=O) groups excluding carboxylic acids is 1. The number of unbranched alkanes of at least 4 members (excludes halogenated alkanes) is 5. The standard InChI is InChI=1S/C23H36O2/c1-3-5-7-8-9-17-25-21-14-12-20(13-15-21)22-16-11-19(10-6-4-2)18-23(22)24/h12-15,19,22H,3-11,16-18H2,1-2H3/t19-,22+/m0/s1. The van der Waals surface area contributed by atoms with Gasteiger partial charge in [-0.2, -0.15) is 0 Å². The van der Waals surface area contributed by atoms with E-state index in [1.807, 2.05) is 12.1 Å². The summed E-state index contributed by atoms with van der Waals surface area (Å²) in [6.45, 7) is 5.26. The van der Waals surface area contributed by atoms with E-state index >= 15 is 0 Å². The van der Waals surface area contributed by atoms with Crippen LogP contribution in [0.2, 0.25) is 0 Å². The van der Waals surface area contributed by atoms with E-state index in [0.29, 0.717) is 11.7 Å². The molecule has 2 nitrogen and oxygen atoms in total. The fraction of sp³-hybridized carbons (Fsp3) is 0.696. The van der Waals surface area contributed by atoms with E-state index in [1.54, 1.807) is 0 Å². The Hall–Kier alpha value is -1.31. The summed E-state index contributed by atoms with van der Waals surface area (Å²) in [5.74, 6) is 2.11. The lowest BCUT2D eigenvalue weighted by atomic mass is 9.76. The number of benzene rings is 1. The third-order valence-corrected chi connectivity index (χ3v) is 5.51. The minimum Gasteiger partial charge on any atom is -0.494 e. The van der Waals surface area contributed by atoms with Crippen LogP contribution in [0.1, 0.15) is 96.0 Å². The SMILES string of the molecule is CCCCCCCOc1ccc([C@H]2CC[C@H](CCCC)CC2=O)cc1. The van der Waals surface area contributed by atoms with E-state index in [9.17, 15) is 4.79 Å². The van der Waals surface area contributed by atoms with E-state index in [-0.39, 0.29) is 5.92 Å². The van der Waals surface area contributed by atoms with Crippen molar-refractivity contribution in [2.75, 3.05) is 6.61 Å². The molecular weight excluding hydrogens is 308 g/mol. The van der Waals surface area contributed by atoms with Crippen molar-refractivity contribution in [3.05, 3.63) is 29.8 Å². The normalized spacial score (nSPS) is 20.6. The van der Waals surface area contributed by atoms with Gasteiger partial charge in [-0.25, -0.2) is 0 Å². The fourth-order valence-corrected chi connectivity index (χ4v) is 3.88. The van der Waals surface area contributed by atoms with Crippen LogP contribution >= 0.6 is 0 Å². The first kappa shape index (κ1) is 20.0. The molecule has 0 unspecified atom stereocenters. The maximum Gasteiger partial charge on any atom is 0.140 e. The molecule has 0 radical (unpaired) electrons. The smallest absolute Gasteiger partial charge is 0.140 e. The van der Waals surface area contributed by atoms with Crippen LogP contribution in [0.25, 0.3) is 0 Å². The maximum atomic E-state index is 12.5. The molecule has 0 spiro atoms. The molecule has 2 heteroatoms. The zero-order valence-corrected chi connectivity index (χ0v) is 16.3. The summed E-state index contributed by atoms with van der Waals surface area (Å²) in [7, 11) is 0. The Morgan fingerprint density at radius 3 is 2.32 bits per heavy atom. The molecule has 0 bridgehead atoms. The van der Waals surface area contributed by atoms with E-state index in [1.165, 1.54) is 56.9 Å². The van der Waals surface area contributed by atoms with Crippen molar-refractivity contribution < 1.29 is 9.53 Å². The lowest BCUT2D eigenvalue weighted by Gasteiger charge is -2.27. The van der Waals surface area contributed by atoms with Gasteiger partial charge in [0.05, 0.1) is 6.61 Å². The molecule has 2 rings (SSSR count). The van der Waals surface area contributed by atoms with Gasteiger partial charge in [0, 0.05) is 12.3 Å². The quantitative estimate of drug-likeness (QED) is 0.419. The number of Topliss-reactive ketones (excluding diaryl/α,β-unsaturated/α-hetero) is 1. The molecule has 1 aliphatic rings. The molecule has 1 fully saturated rings. The Bertz CT molecular complexity index is 491. The minimum atomic E-state index is 0.112. The lowest BCUT2D eigenvalue weighted by Crippen LogP contribution is -2.23. The average molecular weight is 345 g/mol. The molecule has 0 saturated heterocycles. The Kier molecular flexibility index (Phi) is 9.07. The fourth-order valence-electron chi connectivity index (χ4n) is 3.88. The van der Waals surface area contributed by atoms with Crippen LogP contribution in [-0.2, 0) is 4.79 Å². The van der Waals surface area contributed by atoms with E-state index < -0.39 is 0 Å². The molecule has 1 aliphatic carbocycles. The average Bonchev–Trinajstić information content (AvgIpc) is 2.63. The summed E-state index contributed by atoms with van der Waals surface area (Å²) in [5, 5.41) is 0. The Morgan fingerprint density at radius 2 is 1.64 bits per heavy atom. The second-order valence-corrected chi connectivity index (χ2v) is 7.64. The van der Waals surface area contributed by atoms with Crippen LogP contribution in [0.4, 0.5) is 0 Å². The molecule has 0 aliphatic heterocycles. The topological polar surface area (TPSA) is 26.3 Å². The third kappa shape index (κ3) is 6.84. The molecular formula is C23H36O2. The molecule has 1 aromatic rings. The Labute approximate surface area is 154 Å². The number of ketones is 1. The molecule has 0 heterocycles. The summed E-state index contributed by atoms with van der Waals surface area (Å²) in [5.41, 5.74) is 1.18. The molecule has 1 saturated carbocycles. The predicted octanol–water partition coefficient (Wildman–Crippen LogP) is 6.68. The van der Waals surface area contributed by atoms with Crippen molar-refractivity contribution in [3.63, 3.8) is 0 Å². The summed E-state index contributed by atoms with van der Waals surface area (Å²) in [4.78, 5) is 12.5. The number of hydrogen-bond donors (Lipinski definition) is 0. The molecule has 0 N–H and O–H groups in total. The highest BCUT2D eigenvalue weighted by molar-refractivity contribution is 5.86. The largest absolute Gasteiger partial charge is 0.494 e. The van der Waals surface area contributed by atoms with E-state index in [0.717, 1.165) is 31.6 Å². The van der Waals surface area contributed by atoms with Gasteiger partial charge in [-0.3, -0.25) is 4.79 Å². The summed E-state index contributed by atoms with van der Waals surface area (Å²) >= 11 is 0. The highest BCUT2D eigenvalue weighted by atomic mass is 16.5. The molecule has 0 aromatic heterocycles. The predicted molar refractivity (Wildman–Crippen MR) is 105 cm³/mol. The first-order valence-corrected chi connectivity index (χ1v) is 10.5. The molecule has 1 aromatic carbocycles. The molecule has 25 heavy (non-hydrogen) atoms. The first-order chi connectivity index (χ1) is 12.2. The third-order valence-electron chi connectivity index (χ3n) is 5.51. The van der Waals surface area contributed by atoms with Crippen molar-refractivity contribution in [2.24, 2.45) is 5.92 Å². The van der Waals surface area contributed by atoms with Gasteiger partial charge in [0.2, 0.25) is 0 Å². The number of rotatable bonds is 11. The van der Waals surface area contributed by atoms with Gasteiger partial charge < -0.3 is 4.74 Å². The second kappa shape index (κ2) is 11.3. The van der Waals surface area contributed by atoms with Crippen molar-refractivity contribution >= 4 is 5.78 Å². The zero-order valence-electron chi connectivity index (χ0n) is 16.3. The van der Waals surface area contributed by atoms with Crippen molar-refractivity contribution in [2.45, 2.75) is 90.4 Å². The van der Waals surface area contributed by atoms with Gasteiger partial charge in [0.25, 0.3) is 0 Å². The summed E-state index contributed by atoms with van der Waals surface area (Å²) in [6.07, 6.45) is 13.0. The minimum absolute atomic E-state index is 0.112. The van der Waals surface area contributed by atoms with Crippen LogP contribution in [0.3, 0.4) is 0 Å². The highest BCUT2D eigenvalue weighted by Crippen LogP contribution is 2.35. The summed E-state index contributed by atoms with van der Waals surface area (Å²) in [6, 6.07) is 8.28. The van der Waals surface area contributed by atoms with Crippen molar-refractivity contribution in [1.29, 1.82) is 0 Å². The van der Waals surface area contributed by atoms with Crippen LogP contribution in [0, 0.1) is 5.92 Å². The number of ether oxygens (including phenoxy) is 1. The van der Waals surface area contributed by atoms with Crippen molar-refractivity contribution in [1.82, 2.24) is 0 Å². The second-order valence-electron chi connectivity index (χ2n) is 7.64. The van der Waals surface area contributed by atoms with Crippen LogP contribution in [0.5, 0.6) is 5.75 Å². The van der Waals surface area contributed by atoms with Gasteiger partial charge >= 0.3 is 0 Å². The zero-order chi connectivity index (χ0) is 17.9. The Morgan fingerprint density at radius 1 is 0.920 bits per heavy atom. The summed E-state index contributed by atoms with van der Waals surface area (Å²) < 4.78 is 5.83. The molecule has 0 amide bonds. The van der Waals surface area contributed by atoms with Gasteiger partial charge in [-0.1, -0.05) is 70.9 Å². The molecule has 2 atom stereocenters. The van der Waals surface area contributed by atoms with E-state index in [4.69, 9.17) is 4.74 Å². The van der Waals surface area contributed by atoms with Crippen molar-refractivity contribution in [3.8, 4) is 5.75 Å². The Balaban J connectivity index is 1.75. The van der Waals surface area contributed by atoms with Crippen LogP contribution in [-0.4, -0.2) is 12.4 Å². The van der Waals surface area contributed by atoms with Gasteiger partial charge in [-0.05, 0) is 42.9 Å². The molecule has 140 valence electrons. The highest BCUT2D eigenvalue weighted by Gasteiger charge is 2.29. The number of carbonyl (C=O) groups is 1. The van der Waals surface area contributed by atoms with Crippen LogP contribution in [0.15, 0.2) is 24.3 Å². The lowest BCUT2D eigenvalue weighted by molar-refractivity contribution is -0.123. The first-order valence-electron chi connectivity index (χ1n) is 10.5. The maximum absolute atomic E-state index is 12.5.